The van der Waals surface area contributed by atoms with E-state index in [1.54, 1.807) is 0 Å². The van der Waals surface area contributed by atoms with E-state index in [1.165, 1.54) is 37.7 Å². The maximum Gasteiger partial charge on any atom is 0.0408 e. The number of hydrogen-bond acceptors (Lipinski definition) is 0. The van der Waals surface area contributed by atoms with Gasteiger partial charge in [0.05, 0.1) is 0 Å². The minimum Gasteiger partial charge on any atom is -0.0843 e. The molecule has 0 aliphatic heterocycles. The number of benzene rings is 1. The SMILES string of the molecule is CC.CC1CCC(Cc2cccc(Cl)c2)CC1. The standard InChI is InChI=1S/C14H19Cl.C2H6/c1-11-5-7-12(8-6-11)9-13-3-2-4-14(15)10-13;1-2/h2-4,10-12H,5-9H2,1H3;1-2H3. The van der Waals surface area contributed by atoms with Crippen LogP contribution in [0.5, 0.6) is 0 Å². The van der Waals surface area contributed by atoms with Crippen LogP contribution >= 0.6 is 11.6 Å². The highest BCUT2D eigenvalue weighted by molar-refractivity contribution is 6.30. The first kappa shape index (κ1) is 14.6. The Labute approximate surface area is 111 Å². The summed E-state index contributed by atoms with van der Waals surface area (Å²) in [4.78, 5) is 0. The van der Waals surface area contributed by atoms with E-state index in [4.69, 9.17) is 11.6 Å². The van der Waals surface area contributed by atoms with Crippen molar-refractivity contribution < 1.29 is 0 Å². The number of rotatable bonds is 2. The van der Waals surface area contributed by atoms with Gasteiger partial charge in [-0.15, -0.1) is 0 Å². The summed E-state index contributed by atoms with van der Waals surface area (Å²) in [6.07, 6.45) is 6.82. The van der Waals surface area contributed by atoms with Gasteiger partial charge in [0.25, 0.3) is 0 Å². The highest BCUT2D eigenvalue weighted by Gasteiger charge is 2.18. The summed E-state index contributed by atoms with van der Waals surface area (Å²) >= 11 is 5.99. The molecular formula is C16H25Cl. The van der Waals surface area contributed by atoms with Crippen molar-refractivity contribution >= 4 is 11.6 Å². The molecule has 0 bridgehead atoms. The average Bonchev–Trinajstić information content (AvgIpc) is 2.35. The van der Waals surface area contributed by atoms with Crippen molar-refractivity contribution in [1.29, 1.82) is 0 Å². The Bertz CT molecular complexity index is 311. The molecule has 0 amide bonds. The molecule has 0 nitrogen and oxygen atoms in total. The van der Waals surface area contributed by atoms with Crippen LogP contribution in [-0.4, -0.2) is 0 Å². The molecule has 0 atom stereocenters. The molecule has 0 radical (unpaired) electrons. The summed E-state index contributed by atoms with van der Waals surface area (Å²) in [5.74, 6) is 1.83. The van der Waals surface area contributed by atoms with E-state index in [-0.39, 0.29) is 0 Å². The third-order valence-electron chi connectivity index (χ3n) is 3.55. The van der Waals surface area contributed by atoms with Crippen molar-refractivity contribution in [3.63, 3.8) is 0 Å². The molecule has 0 unspecified atom stereocenters. The monoisotopic (exact) mass is 252 g/mol. The van der Waals surface area contributed by atoms with Gasteiger partial charge >= 0.3 is 0 Å². The first-order chi connectivity index (χ1) is 8.24. The molecule has 17 heavy (non-hydrogen) atoms. The maximum atomic E-state index is 5.99. The zero-order chi connectivity index (χ0) is 12.7. The van der Waals surface area contributed by atoms with Gasteiger partial charge < -0.3 is 0 Å². The van der Waals surface area contributed by atoms with E-state index in [0.29, 0.717) is 0 Å². The molecule has 1 aromatic carbocycles. The lowest BCUT2D eigenvalue weighted by molar-refractivity contribution is 0.289. The Kier molecular flexibility index (Phi) is 6.65. The molecule has 1 aliphatic carbocycles. The van der Waals surface area contributed by atoms with Crippen LogP contribution in [0.1, 0.15) is 52.0 Å². The van der Waals surface area contributed by atoms with Gasteiger partial charge in [0.2, 0.25) is 0 Å². The topological polar surface area (TPSA) is 0 Å². The third-order valence-corrected chi connectivity index (χ3v) is 3.78. The Balaban J connectivity index is 0.000000686. The van der Waals surface area contributed by atoms with Gasteiger partial charge in [-0.05, 0) is 48.8 Å². The summed E-state index contributed by atoms with van der Waals surface area (Å²) in [7, 11) is 0. The molecule has 1 saturated carbocycles. The molecule has 96 valence electrons. The molecule has 2 rings (SSSR count). The Morgan fingerprint density at radius 3 is 2.35 bits per heavy atom. The predicted molar refractivity (Wildman–Crippen MR) is 77.6 cm³/mol. The molecule has 0 saturated heterocycles. The van der Waals surface area contributed by atoms with E-state index in [2.05, 4.69) is 25.1 Å². The van der Waals surface area contributed by atoms with E-state index >= 15 is 0 Å². The van der Waals surface area contributed by atoms with Crippen LogP contribution in [0.25, 0.3) is 0 Å². The van der Waals surface area contributed by atoms with Gasteiger partial charge in [0.15, 0.2) is 0 Å². The minimum atomic E-state index is 0.872. The first-order valence-corrected chi connectivity index (χ1v) is 7.36. The van der Waals surface area contributed by atoms with Crippen molar-refractivity contribution in [1.82, 2.24) is 0 Å². The van der Waals surface area contributed by atoms with Gasteiger partial charge in [-0.3, -0.25) is 0 Å². The highest BCUT2D eigenvalue weighted by atomic mass is 35.5. The van der Waals surface area contributed by atoms with Crippen LogP contribution in [0.2, 0.25) is 5.02 Å². The molecule has 1 heteroatoms. The fourth-order valence-electron chi connectivity index (χ4n) is 2.53. The summed E-state index contributed by atoms with van der Waals surface area (Å²) < 4.78 is 0. The fraction of sp³-hybridized carbons (Fsp3) is 0.625. The van der Waals surface area contributed by atoms with Gasteiger partial charge in [0.1, 0.15) is 0 Å². The number of halogens is 1. The van der Waals surface area contributed by atoms with Crippen molar-refractivity contribution in [3.05, 3.63) is 34.9 Å². The van der Waals surface area contributed by atoms with Crippen LogP contribution in [0.4, 0.5) is 0 Å². The molecule has 1 fully saturated rings. The van der Waals surface area contributed by atoms with E-state index in [1.807, 2.05) is 19.9 Å². The van der Waals surface area contributed by atoms with Gasteiger partial charge in [-0.25, -0.2) is 0 Å². The van der Waals surface area contributed by atoms with Crippen molar-refractivity contribution in [2.24, 2.45) is 11.8 Å². The number of hydrogen-bond donors (Lipinski definition) is 0. The molecular weight excluding hydrogens is 228 g/mol. The second-order valence-corrected chi connectivity index (χ2v) is 5.40. The predicted octanol–water partition coefficient (Wildman–Crippen LogP) is 5.74. The summed E-state index contributed by atoms with van der Waals surface area (Å²) in [5, 5.41) is 0.872. The second kappa shape index (κ2) is 7.76. The summed E-state index contributed by atoms with van der Waals surface area (Å²) in [6, 6.07) is 8.32. The lowest BCUT2D eigenvalue weighted by Gasteiger charge is -2.26. The lowest BCUT2D eigenvalue weighted by Crippen LogP contribution is -2.14. The van der Waals surface area contributed by atoms with Crippen LogP contribution < -0.4 is 0 Å². The molecule has 1 aromatic rings. The summed E-state index contributed by atoms with van der Waals surface area (Å²) in [6.45, 7) is 6.37. The average molecular weight is 253 g/mol. The van der Waals surface area contributed by atoms with Gasteiger partial charge in [0, 0.05) is 5.02 Å². The molecule has 1 aliphatic rings. The van der Waals surface area contributed by atoms with E-state index < -0.39 is 0 Å². The second-order valence-electron chi connectivity index (χ2n) is 4.96. The van der Waals surface area contributed by atoms with Crippen LogP contribution in [0.3, 0.4) is 0 Å². The van der Waals surface area contributed by atoms with E-state index in [0.717, 1.165) is 16.9 Å². The molecule has 0 spiro atoms. The zero-order valence-electron chi connectivity index (χ0n) is 11.4. The van der Waals surface area contributed by atoms with Crippen molar-refractivity contribution in [2.75, 3.05) is 0 Å². The largest absolute Gasteiger partial charge is 0.0843 e. The van der Waals surface area contributed by atoms with Crippen LogP contribution in [0.15, 0.2) is 24.3 Å². The lowest BCUT2D eigenvalue weighted by atomic mass is 9.80. The van der Waals surface area contributed by atoms with Gasteiger partial charge in [-0.2, -0.15) is 0 Å². The Morgan fingerprint density at radius 2 is 1.76 bits per heavy atom. The van der Waals surface area contributed by atoms with Gasteiger partial charge in [-0.1, -0.05) is 57.3 Å². The highest BCUT2D eigenvalue weighted by Crippen LogP contribution is 2.30. The quantitative estimate of drug-likeness (QED) is 0.630. The smallest absolute Gasteiger partial charge is 0.0408 e. The normalized spacial score (nSPS) is 23.8. The zero-order valence-corrected chi connectivity index (χ0v) is 12.1. The Morgan fingerprint density at radius 1 is 1.12 bits per heavy atom. The molecule has 0 aromatic heterocycles. The first-order valence-electron chi connectivity index (χ1n) is 6.98. The minimum absolute atomic E-state index is 0.872. The van der Waals surface area contributed by atoms with Crippen LogP contribution in [0, 0.1) is 11.8 Å². The molecule has 0 heterocycles. The molecule has 0 N–H and O–H groups in total. The van der Waals surface area contributed by atoms with Crippen molar-refractivity contribution in [3.8, 4) is 0 Å². The Hall–Kier alpha value is -0.490. The summed E-state index contributed by atoms with van der Waals surface area (Å²) in [5.41, 5.74) is 1.40. The fourth-order valence-corrected chi connectivity index (χ4v) is 2.74. The van der Waals surface area contributed by atoms with E-state index in [9.17, 15) is 0 Å². The third kappa shape index (κ3) is 5.12. The van der Waals surface area contributed by atoms with Crippen molar-refractivity contribution in [2.45, 2.75) is 52.9 Å². The maximum absolute atomic E-state index is 5.99. The van der Waals surface area contributed by atoms with Crippen LogP contribution in [-0.2, 0) is 6.42 Å².